The minimum Gasteiger partial charge on any atom is -0.492 e. The number of piperazine rings is 1. The number of aromatic nitrogens is 1. The molecule has 1 saturated heterocycles. The summed E-state index contributed by atoms with van der Waals surface area (Å²) in [6, 6.07) is 6.31. The van der Waals surface area contributed by atoms with Crippen LogP contribution in [-0.2, 0) is 0 Å². The van der Waals surface area contributed by atoms with E-state index < -0.39 is 4.92 Å². The van der Waals surface area contributed by atoms with Gasteiger partial charge in [0.25, 0.3) is 5.69 Å². The molecule has 0 aliphatic carbocycles. The van der Waals surface area contributed by atoms with Crippen molar-refractivity contribution < 1.29 is 9.66 Å². The fraction of sp³-hybridized carbons (Fsp3) is 0.438. The second-order valence-corrected chi connectivity index (χ2v) is 6.54. The van der Waals surface area contributed by atoms with Crippen LogP contribution in [0.15, 0.2) is 29.6 Å². The third-order valence-corrected chi connectivity index (χ3v) is 4.97. The number of hydrogen-bond donors (Lipinski definition) is 0. The molecule has 3 rings (SSSR count). The van der Waals surface area contributed by atoms with Gasteiger partial charge in [-0.25, -0.2) is 4.98 Å². The maximum Gasteiger partial charge on any atom is 0.273 e. The van der Waals surface area contributed by atoms with E-state index >= 15 is 0 Å². The summed E-state index contributed by atoms with van der Waals surface area (Å²) >= 11 is 1.69. The van der Waals surface area contributed by atoms with Gasteiger partial charge in [-0.15, -0.1) is 11.3 Å². The van der Waals surface area contributed by atoms with E-state index in [9.17, 15) is 10.1 Å². The molecule has 0 atom stereocenters. The van der Waals surface area contributed by atoms with E-state index in [1.165, 1.54) is 12.1 Å². The summed E-state index contributed by atoms with van der Waals surface area (Å²) in [4.78, 5) is 19.5. The van der Waals surface area contributed by atoms with E-state index in [1.807, 2.05) is 6.92 Å². The largest absolute Gasteiger partial charge is 0.492 e. The molecule has 24 heavy (non-hydrogen) atoms. The fourth-order valence-corrected chi connectivity index (χ4v) is 3.49. The minimum atomic E-state index is -0.410. The first kappa shape index (κ1) is 16.7. The summed E-state index contributed by atoms with van der Waals surface area (Å²) < 4.78 is 5.64. The van der Waals surface area contributed by atoms with Crippen molar-refractivity contribution in [2.45, 2.75) is 6.92 Å². The van der Waals surface area contributed by atoms with Gasteiger partial charge in [0.1, 0.15) is 12.4 Å². The zero-order valence-corrected chi connectivity index (χ0v) is 14.4. The van der Waals surface area contributed by atoms with Gasteiger partial charge in [-0.2, -0.15) is 0 Å². The minimum absolute atomic E-state index is 0.0554. The third-order valence-electron chi connectivity index (χ3n) is 3.95. The number of nitrogens with zero attached hydrogens (tertiary/aromatic N) is 4. The highest BCUT2D eigenvalue weighted by atomic mass is 32.1. The van der Waals surface area contributed by atoms with Gasteiger partial charge in [-0.3, -0.25) is 15.0 Å². The van der Waals surface area contributed by atoms with Crippen molar-refractivity contribution in [3.05, 3.63) is 45.5 Å². The number of anilines is 1. The Labute approximate surface area is 144 Å². The van der Waals surface area contributed by atoms with Crippen molar-refractivity contribution in [1.82, 2.24) is 9.88 Å². The van der Waals surface area contributed by atoms with Crippen molar-refractivity contribution in [3.63, 3.8) is 0 Å². The molecule has 8 heteroatoms. The van der Waals surface area contributed by atoms with E-state index in [-0.39, 0.29) is 5.69 Å². The molecule has 2 aromatic rings. The first-order valence-corrected chi connectivity index (χ1v) is 8.76. The lowest BCUT2D eigenvalue weighted by atomic mass is 10.3. The summed E-state index contributed by atoms with van der Waals surface area (Å²) in [7, 11) is 0. The highest BCUT2D eigenvalue weighted by Crippen LogP contribution is 2.21. The summed E-state index contributed by atoms with van der Waals surface area (Å²) in [5.74, 6) is 0.543. The van der Waals surface area contributed by atoms with Crippen molar-refractivity contribution in [2.24, 2.45) is 0 Å². The Kier molecular flexibility index (Phi) is 5.27. The SMILES string of the molecule is Cc1csc(N2CCN(CCOc3cccc([N+](=O)[O-])c3)CC2)n1. The first-order chi connectivity index (χ1) is 11.6. The van der Waals surface area contributed by atoms with Crippen LogP contribution in [0.1, 0.15) is 5.69 Å². The fourth-order valence-electron chi connectivity index (χ4n) is 2.63. The Morgan fingerprint density at radius 1 is 1.33 bits per heavy atom. The van der Waals surface area contributed by atoms with Gasteiger partial charge in [-0.1, -0.05) is 6.07 Å². The van der Waals surface area contributed by atoms with Crippen LogP contribution in [0.4, 0.5) is 10.8 Å². The van der Waals surface area contributed by atoms with Gasteiger partial charge < -0.3 is 9.64 Å². The van der Waals surface area contributed by atoms with E-state index in [0.29, 0.717) is 12.4 Å². The Morgan fingerprint density at radius 2 is 2.12 bits per heavy atom. The number of non-ortho nitro benzene ring substituents is 1. The number of nitro groups is 1. The molecule has 1 aliphatic heterocycles. The number of hydrogen-bond acceptors (Lipinski definition) is 7. The first-order valence-electron chi connectivity index (χ1n) is 7.88. The van der Waals surface area contributed by atoms with Crippen LogP contribution in [0.3, 0.4) is 0 Å². The zero-order valence-electron chi connectivity index (χ0n) is 13.6. The zero-order chi connectivity index (χ0) is 16.9. The standard InChI is InChI=1S/C16H20N4O3S/c1-13-12-24-16(17-13)19-7-5-18(6-8-19)9-10-23-15-4-2-3-14(11-15)20(21)22/h2-4,11-12H,5-10H2,1H3. The number of nitro benzene ring substituents is 1. The number of thiazole rings is 1. The molecule has 7 nitrogen and oxygen atoms in total. The predicted molar refractivity (Wildman–Crippen MR) is 94.1 cm³/mol. The van der Waals surface area contributed by atoms with Gasteiger partial charge in [0.05, 0.1) is 16.7 Å². The van der Waals surface area contributed by atoms with Crippen molar-refractivity contribution in [3.8, 4) is 5.75 Å². The van der Waals surface area contributed by atoms with Gasteiger partial charge in [0.2, 0.25) is 0 Å². The third kappa shape index (κ3) is 4.21. The molecule has 1 aromatic carbocycles. The summed E-state index contributed by atoms with van der Waals surface area (Å²) in [5, 5.41) is 13.9. The van der Waals surface area contributed by atoms with E-state index in [4.69, 9.17) is 4.74 Å². The Balaban J connectivity index is 1.42. The van der Waals surface area contributed by atoms with Crippen molar-refractivity contribution in [1.29, 1.82) is 0 Å². The number of benzene rings is 1. The maximum absolute atomic E-state index is 10.8. The number of rotatable bonds is 6. The van der Waals surface area contributed by atoms with E-state index in [1.54, 1.807) is 23.5 Å². The van der Waals surface area contributed by atoms with Gasteiger partial charge in [-0.05, 0) is 13.0 Å². The van der Waals surface area contributed by atoms with Gasteiger partial charge in [0, 0.05) is 44.2 Å². The quantitative estimate of drug-likeness (QED) is 0.590. The summed E-state index contributed by atoms with van der Waals surface area (Å²) in [5.41, 5.74) is 1.13. The van der Waals surface area contributed by atoms with E-state index in [2.05, 4.69) is 20.2 Å². The molecule has 0 N–H and O–H groups in total. The highest BCUT2D eigenvalue weighted by molar-refractivity contribution is 7.13. The molecule has 0 saturated carbocycles. The number of aryl methyl sites for hydroxylation is 1. The number of ether oxygens (including phenoxy) is 1. The summed E-state index contributed by atoms with van der Waals surface area (Å²) in [6.45, 7) is 7.22. The van der Waals surface area contributed by atoms with E-state index in [0.717, 1.165) is 43.5 Å². The molecule has 1 aromatic heterocycles. The van der Waals surface area contributed by atoms with Gasteiger partial charge >= 0.3 is 0 Å². The average Bonchev–Trinajstić information content (AvgIpc) is 3.02. The lowest BCUT2D eigenvalue weighted by Crippen LogP contribution is -2.47. The molecule has 1 fully saturated rings. The molecule has 0 radical (unpaired) electrons. The van der Waals surface area contributed by atoms with Crippen LogP contribution in [0.5, 0.6) is 5.75 Å². The van der Waals surface area contributed by atoms with Crippen LogP contribution in [0, 0.1) is 17.0 Å². The van der Waals surface area contributed by atoms with Crippen LogP contribution in [-0.4, -0.2) is 54.1 Å². The van der Waals surface area contributed by atoms with Crippen LogP contribution in [0.2, 0.25) is 0 Å². The highest BCUT2D eigenvalue weighted by Gasteiger charge is 2.19. The summed E-state index contributed by atoms with van der Waals surface area (Å²) in [6.07, 6.45) is 0. The van der Waals surface area contributed by atoms with Crippen LogP contribution < -0.4 is 9.64 Å². The topological polar surface area (TPSA) is 71.7 Å². The second kappa shape index (κ2) is 7.59. The molecule has 0 unspecified atom stereocenters. The molecular weight excluding hydrogens is 328 g/mol. The Hall–Kier alpha value is -2.19. The lowest BCUT2D eigenvalue weighted by Gasteiger charge is -2.34. The predicted octanol–water partition coefficient (Wildman–Crippen LogP) is 2.56. The second-order valence-electron chi connectivity index (χ2n) is 5.70. The lowest BCUT2D eigenvalue weighted by molar-refractivity contribution is -0.384. The molecule has 1 aliphatic rings. The van der Waals surface area contributed by atoms with Gasteiger partial charge in [0.15, 0.2) is 5.13 Å². The monoisotopic (exact) mass is 348 g/mol. The molecule has 0 bridgehead atoms. The average molecular weight is 348 g/mol. The molecule has 128 valence electrons. The molecular formula is C16H20N4O3S. The molecule has 0 spiro atoms. The van der Waals surface area contributed by atoms with Crippen molar-refractivity contribution >= 4 is 22.2 Å². The van der Waals surface area contributed by atoms with Crippen LogP contribution >= 0.6 is 11.3 Å². The normalized spacial score (nSPS) is 15.5. The van der Waals surface area contributed by atoms with Crippen LogP contribution in [0.25, 0.3) is 0 Å². The molecule has 0 amide bonds. The smallest absolute Gasteiger partial charge is 0.273 e. The van der Waals surface area contributed by atoms with Crippen molar-refractivity contribution in [2.75, 3.05) is 44.2 Å². The molecule has 2 heterocycles. The Bertz CT molecular complexity index is 698. The Morgan fingerprint density at radius 3 is 2.79 bits per heavy atom. The maximum atomic E-state index is 10.8.